The van der Waals surface area contributed by atoms with Gasteiger partial charge in [0.05, 0.1) is 33.1 Å². The van der Waals surface area contributed by atoms with E-state index in [1.807, 2.05) is 12.1 Å². The highest BCUT2D eigenvalue weighted by molar-refractivity contribution is 6.24. The fourth-order valence-electron chi connectivity index (χ4n) is 8.84. The summed E-state index contributed by atoms with van der Waals surface area (Å²) in [7, 11) is 0. The van der Waals surface area contributed by atoms with Crippen LogP contribution < -0.4 is 0 Å². The molecule has 12 rings (SSSR count). The van der Waals surface area contributed by atoms with E-state index >= 15 is 0 Å². The monoisotopic (exact) mass is 663 g/mol. The predicted molar refractivity (Wildman–Crippen MR) is 217 cm³/mol. The van der Waals surface area contributed by atoms with E-state index in [1.165, 1.54) is 65.4 Å². The highest BCUT2D eigenvalue weighted by atomic mass is 16.3. The fraction of sp³-hybridized carbons (Fsp3) is 0. The summed E-state index contributed by atoms with van der Waals surface area (Å²) in [4.78, 5) is 0. The van der Waals surface area contributed by atoms with Crippen LogP contribution in [0.5, 0.6) is 0 Å². The number of fused-ring (bicyclic) bond motifs is 13. The largest absolute Gasteiger partial charge is 0.456 e. The molecular weight excluding hydrogens is 635 g/mol. The van der Waals surface area contributed by atoms with E-state index in [-0.39, 0.29) is 0 Å². The lowest BCUT2D eigenvalue weighted by molar-refractivity contribution is 0.669. The normalized spacial score (nSPS) is 12.2. The maximum absolute atomic E-state index is 6.26. The van der Waals surface area contributed by atoms with Crippen LogP contribution in [0, 0.1) is 0 Å². The molecule has 0 saturated carbocycles. The molecule has 0 bridgehead atoms. The molecule has 12 aromatic rings. The molecule has 0 radical (unpaired) electrons. The molecule has 0 aliphatic rings. The molecule has 0 aliphatic carbocycles. The Morgan fingerprint density at radius 1 is 0.269 bits per heavy atom. The molecule has 0 atom stereocenters. The summed E-state index contributed by atoms with van der Waals surface area (Å²) in [6.45, 7) is 0. The highest BCUT2D eigenvalue weighted by Gasteiger charge is 2.22. The van der Waals surface area contributed by atoms with E-state index in [4.69, 9.17) is 4.42 Å². The molecule has 4 heterocycles. The van der Waals surface area contributed by atoms with Gasteiger partial charge in [0.25, 0.3) is 0 Å². The van der Waals surface area contributed by atoms with Gasteiger partial charge >= 0.3 is 0 Å². The summed E-state index contributed by atoms with van der Waals surface area (Å²) in [5.74, 6) is 0. The maximum Gasteiger partial charge on any atom is 0.135 e. The summed E-state index contributed by atoms with van der Waals surface area (Å²) >= 11 is 0. The Bertz CT molecular complexity index is 3350. The molecule has 242 valence electrons. The SMILES string of the molecule is c1ccc2c(c1)oc1ccc(-n3c4ccccc4c4ccc5c6ccccc6n(-c6ccc(-n7c8ccccc8c8ccccc87)cc6)c5c43)cc12. The second kappa shape index (κ2) is 10.3. The minimum absolute atomic E-state index is 0.897. The second-order valence-corrected chi connectivity index (χ2v) is 13.7. The molecule has 0 unspecified atom stereocenters. The minimum atomic E-state index is 0.897. The van der Waals surface area contributed by atoms with Crippen molar-refractivity contribution in [1.29, 1.82) is 0 Å². The van der Waals surface area contributed by atoms with Crippen LogP contribution in [-0.4, -0.2) is 13.7 Å². The van der Waals surface area contributed by atoms with Crippen LogP contribution in [0.1, 0.15) is 0 Å². The Hall–Kier alpha value is -7.04. The van der Waals surface area contributed by atoms with Gasteiger partial charge in [0, 0.05) is 60.2 Å². The molecule has 4 heteroatoms. The van der Waals surface area contributed by atoms with Gasteiger partial charge < -0.3 is 18.1 Å². The van der Waals surface area contributed by atoms with Crippen LogP contribution in [0.25, 0.3) is 104 Å². The molecule has 0 aliphatic heterocycles. The third-order valence-corrected chi connectivity index (χ3v) is 11.0. The Labute approximate surface area is 297 Å². The van der Waals surface area contributed by atoms with Crippen molar-refractivity contribution in [1.82, 2.24) is 13.7 Å². The number of benzene rings is 8. The Morgan fingerprint density at radius 2 is 0.654 bits per heavy atom. The number of hydrogen-bond donors (Lipinski definition) is 0. The van der Waals surface area contributed by atoms with Crippen LogP contribution in [0.3, 0.4) is 0 Å². The first-order valence-electron chi connectivity index (χ1n) is 17.8. The first-order valence-corrected chi connectivity index (χ1v) is 17.8. The number of furan rings is 1. The zero-order chi connectivity index (χ0) is 33.9. The minimum Gasteiger partial charge on any atom is -0.456 e. The molecule has 4 nitrogen and oxygen atoms in total. The quantitative estimate of drug-likeness (QED) is 0.185. The predicted octanol–water partition coefficient (Wildman–Crippen LogP) is 12.9. The van der Waals surface area contributed by atoms with E-state index in [1.54, 1.807) is 0 Å². The van der Waals surface area contributed by atoms with Crippen molar-refractivity contribution in [2.45, 2.75) is 0 Å². The summed E-state index contributed by atoms with van der Waals surface area (Å²) in [6.07, 6.45) is 0. The van der Waals surface area contributed by atoms with Crippen LogP contribution >= 0.6 is 0 Å². The molecule has 0 spiro atoms. The van der Waals surface area contributed by atoms with Crippen molar-refractivity contribution in [3.05, 3.63) is 176 Å². The van der Waals surface area contributed by atoms with Crippen LogP contribution in [-0.2, 0) is 0 Å². The molecule has 0 fully saturated rings. The molecule has 0 N–H and O–H groups in total. The lowest BCUT2D eigenvalue weighted by atomic mass is 10.1. The van der Waals surface area contributed by atoms with Gasteiger partial charge in [-0.1, -0.05) is 103 Å². The highest BCUT2D eigenvalue weighted by Crippen LogP contribution is 2.43. The number of para-hydroxylation sites is 5. The van der Waals surface area contributed by atoms with Crippen molar-refractivity contribution >= 4 is 87.4 Å². The van der Waals surface area contributed by atoms with Gasteiger partial charge in [-0.2, -0.15) is 0 Å². The van der Waals surface area contributed by atoms with E-state index < -0.39 is 0 Å². The maximum atomic E-state index is 6.26. The summed E-state index contributed by atoms with van der Waals surface area (Å²) in [5.41, 5.74) is 12.3. The van der Waals surface area contributed by atoms with Crippen LogP contribution in [0.4, 0.5) is 0 Å². The van der Waals surface area contributed by atoms with E-state index in [9.17, 15) is 0 Å². The van der Waals surface area contributed by atoms with Crippen molar-refractivity contribution < 1.29 is 4.42 Å². The molecule has 52 heavy (non-hydrogen) atoms. The van der Waals surface area contributed by atoms with Gasteiger partial charge in [0.15, 0.2) is 0 Å². The zero-order valence-corrected chi connectivity index (χ0v) is 28.0. The number of hydrogen-bond acceptors (Lipinski definition) is 1. The smallest absolute Gasteiger partial charge is 0.135 e. The molecular formula is C48H29N3O. The third kappa shape index (κ3) is 3.65. The summed E-state index contributed by atoms with van der Waals surface area (Å²) in [6, 6.07) is 63.6. The third-order valence-electron chi connectivity index (χ3n) is 11.0. The van der Waals surface area contributed by atoms with Crippen molar-refractivity contribution in [3.8, 4) is 17.1 Å². The first-order chi connectivity index (χ1) is 25.8. The molecule has 0 amide bonds. The zero-order valence-electron chi connectivity index (χ0n) is 28.0. The molecule has 0 saturated heterocycles. The number of aromatic nitrogens is 3. The topological polar surface area (TPSA) is 27.9 Å². The van der Waals surface area contributed by atoms with Gasteiger partial charge in [-0.3, -0.25) is 0 Å². The lowest BCUT2D eigenvalue weighted by Crippen LogP contribution is -1.99. The Morgan fingerprint density at radius 3 is 1.21 bits per heavy atom. The van der Waals surface area contributed by atoms with Crippen molar-refractivity contribution in [3.63, 3.8) is 0 Å². The van der Waals surface area contributed by atoms with Crippen molar-refractivity contribution in [2.75, 3.05) is 0 Å². The number of nitrogens with zero attached hydrogens (tertiary/aromatic N) is 3. The van der Waals surface area contributed by atoms with Gasteiger partial charge in [0.2, 0.25) is 0 Å². The first kappa shape index (κ1) is 27.7. The average molecular weight is 664 g/mol. The molecule has 8 aromatic carbocycles. The molecule has 4 aromatic heterocycles. The van der Waals surface area contributed by atoms with Gasteiger partial charge in [0.1, 0.15) is 11.2 Å². The van der Waals surface area contributed by atoms with Gasteiger partial charge in [-0.25, -0.2) is 0 Å². The van der Waals surface area contributed by atoms with Gasteiger partial charge in [-0.15, -0.1) is 0 Å². The van der Waals surface area contributed by atoms with E-state index in [0.717, 1.165) is 39.0 Å². The van der Waals surface area contributed by atoms with Crippen LogP contribution in [0.2, 0.25) is 0 Å². The van der Waals surface area contributed by atoms with E-state index in [2.05, 4.69) is 177 Å². The fourth-order valence-corrected chi connectivity index (χ4v) is 8.84. The summed E-state index contributed by atoms with van der Waals surface area (Å²) in [5, 5.41) is 9.70. The Kier molecular flexibility index (Phi) is 5.47. The van der Waals surface area contributed by atoms with Crippen molar-refractivity contribution in [2.24, 2.45) is 0 Å². The lowest BCUT2D eigenvalue weighted by Gasteiger charge is -2.14. The van der Waals surface area contributed by atoms with E-state index in [0.29, 0.717) is 0 Å². The average Bonchev–Trinajstić information content (AvgIpc) is 3.94. The van der Waals surface area contributed by atoms with Crippen LogP contribution in [0.15, 0.2) is 180 Å². The standard InChI is InChI=1S/C48H29N3O/c1-6-16-41-33(11-1)34-12-2-7-17-42(34)49(41)30-21-23-31(24-22-30)50-43-18-8-3-13-35(43)38-26-27-39-36-14-4-9-19-44(36)51(48(39)47(38)50)32-25-28-46-40(29-32)37-15-5-10-20-45(37)52-46/h1-29H. The summed E-state index contributed by atoms with van der Waals surface area (Å²) < 4.78 is 13.6. The second-order valence-electron chi connectivity index (χ2n) is 13.7. The Balaban J connectivity index is 1.16. The van der Waals surface area contributed by atoms with Gasteiger partial charge in [-0.05, 0) is 72.8 Å². The number of rotatable bonds is 3.